The zero-order valence-corrected chi connectivity index (χ0v) is 12.7. The Morgan fingerprint density at radius 1 is 1.18 bits per heavy atom. The van der Waals surface area contributed by atoms with Gasteiger partial charge in [-0.2, -0.15) is 0 Å². The molecule has 0 saturated heterocycles. The Balaban J connectivity index is 2.22. The number of aromatic nitrogens is 1. The van der Waals surface area contributed by atoms with Crippen molar-refractivity contribution in [3.05, 3.63) is 70.6 Å². The molecule has 0 saturated carbocycles. The lowest BCUT2D eigenvalue weighted by Crippen LogP contribution is -2.11. The molecule has 3 nitrogen and oxygen atoms in total. The number of hydrogen-bond acceptors (Lipinski definition) is 3. The van der Waals surface area contributed by atoms with Gasteiger partial charge in [0.2, 0.25) is 0 Å². The van der Waals surface area contributed by atoms with Gasteiger partial charge in [-0.15, -0.1) is 0 Å². The third-order valence-electron chi connectivity index (χ3n) is 3.84. The van der Waals surface area contributed by atoms with Crippen LogP contribution in [0.2, 0.25) is 0 Å². The number of aryl methyl sites for hydroxylation is 1. The molecule has 0 radical (unpaired) electrons. The molecule has 1 aliphatic heterocycles. The summed E-state index contributed by atoms with van der Waals surface area (Å²) in [6, 6.07) is 7.68. The highest BCUT2D eigenvalue weighted by Crippen LogP contribution is 2.28. The number of halogens is 1. The fraction of sp³-hybridized carbons (Fsp3) is 0.222. The van der Waals surface area contributed by atoms with Crippen molar-refractivity contribution < 1.29 is 4.39 Å². The summed E-state index contributed by atoms with van der Waals surface area (Å²) >= 11 is 0. The second-order valence-electron chi connectivity index (χ2n) is 5.48. The topological polar surface area (TPSA) is 51.3 Å². The first-order chi connectivity index (χ1) is 10.6. The van der Waals surface area contributed by atoms with Crippen molar-refractivity contribution in [3.8, 4) is 0 Å². The molecule has 4 heteroatoms. The second kappa shape index (κ2) is 5.72. The number of aliphatic imine (C=N–C) groups is 1. The van der Waals surface area contributed by atoms with Gasteiger partial charge in [0.15, 0.2) is 0 Å². The molecule has 3 rings (SSSR count). The predicted molar refractivity (Wildman–Crippen MR) is 87.6 cm³/mol. The molecule has 1 aromatic heterocycles. The minimum atomic E-state index is -1.06. The average molecular weight is 295 g/mol. The molecule has 0 bridgehead atoms. The van der Waals surface area contributed by atoms with Gasteiger partial charge in [-0.1, -0.05) is 23.8 Å². The van der Waals surface area contributed by atoms with E-state index in [9.17, 15) is 4.39 Å². The zero-order valence-electron chi connectivity index (χ0n) is 12.7. The first kappa shape index (κ1) is 14.4. The van der Waals surface area contributed by atoms with E-state index in [1.165, 1.54) is 0 Å². The van der Waals surface area contributed by atoms with Crippen LogP contribution in [0.25, 0.3) is 5.70 Å². The molecule has 112 valence electrons. The maximum atomic E-state index is 14.1. The van der Waals surface area contributed by atoms with Crippen LogP contribution in [0, 0.1) is 6.92 Å². The Hall–Kier alpha value is -2.49. The second-order valence-corrected chi connectivity index (χ2v) is 5.48. The van der Waals surface area contributed by atoms with Crippen LogP contribution in [0.5, 0.6) is 0 Å². The lowest BCUT2D eigenvalue weighted by Gasteiger charge is -2.15. The lowest BCUT2D eigenvalue weighted by atomic mass is 9.92. The summed E-state index contributed by atoms with van der Waals surface area (Å²) < 4.78 is 14.1. The molecule has 1 atom stereocenters. The lowest BCUT2D eigenvalue weighted by molar-refractivity contribution is 0.373. The number of hydrogen-bond donors (Lipinski definition) is 1. The number of benzene rings is 1. The SMILES string of the molecule is Cc1ccc(C2=NCC=C(N)c3cnccc32)c(C(C)F)c1. The molecular formula is C18H18FN3. The van der Waals surface area contributed by atoms with E-state index in [1.807, 2.05) is 37.3 Å². The van der Waals surface area contributed by atoms with E-state index in [2.05, 4.69) is 9.98 Å². The Bertz CT molecular complexity index is 776. The van der Waals surface area contributed by atoms with Crippen molar-refractivity contribution in [2.24, 2.45) is 10.7 Å². The molecule has 0 aliphatic carbocycles. The fourth-order valence-corrected chi connectivity index (χ4v) is 2.72. The summed E-state index contributed by atoms with van der Waals surface area (Å²) in [5, 5.41) is 0. The smallest absolute Gasteiger partial charge is 0.123 e. The van der Waals surface area contributed by atoms with Gasteiger partial charge in [-0.3, -0.25) is 9.98 Å². The molecule has 1 aromatic carbocycles. The fourth-order valence-electron chi connectivity index (χ4n) is 2.72. The number of pyridine rings is 1. The molecule has 1 aliphatic rings. The Morgan fingerprint density at radius 3 is 2.77 bits per heavy atom. The summed E-state index contributed by atoms with van der Waals surface area (Å²) in [5.41, 5.74) is 11.8. The monoisotopic (exact) mass is 295 g/mol. The molecule has 0 amide bonds. The first-order valence-corrected chi connectivity index (χ1v) is 7.27. The summed E-state index contributed by atoms with van der Waals surface area (Å²) in [6.07, 6.45) is 4.24. The van der Waals surface area contributed by atoms with Crippen LogP contribution in [0.4, 0.5) is 4.39 Å². The number of fused-ring (bicyclic) bond motifs is 1. The normalized spacial score (nSPS) is 15.4. The molecule has 1 unspecified atom stereocenters. The molecule has 2 aromatic rings. The van der Waals surface area contributed by atoms with Gasteiger partial charge in [0.1, 0.15) is 6.17 Å². The van der Waals surface area contributed by atoms with Crippen molar-refractivity contribution in [1.82, 2.24) is 4.98 Å². The van der Waals surface area contributed by atoms with E-state index < -0.39 is 6.17 Å². The van der Waals surface area contributed by atoms with Crippen LogP contribution in [-0.2, 0) is 0 Å². The highest BCUT2D eigenvalue weighted by molar-refractivity contribution is 6.16. The number of alkyl halides is 1. The van der Waals surface area contributed by atoms with E-state index in [0.29, 0.717) is 17.8 Å². The van der Waals surface area contributed by atoms with Gasteiger partial charge >= 0.3 is 0 Å². The van der Waals surface area contributed by atoms with Crippen LogP contribution in [0.1, 0.15) is 40.9 Å². The van der Waals surface area contributed by atoms with Gasteiger partial charge in [0.25, 0.3) is 0 Å². The van der Waals surface area contributed by atoms with Crippen LogP contribution >= 0.6 is 0 Å². The molecule has 2 N–H and O–H groups in total. The maximum Gasteiger partial charge on any atom is 0.123 e. The van der Waals surface area contributed by atoms with Crippen molar-refractivity contribution in [2.75, 3.05) is 6.54 Å². The Labute approximate surface area is 129 Å². The maximum absolute atomic E-state index is 14.1. The molecule has 0 fully saturated rings. The number of nitrogens with two attached hydrogens (primary N) is 1. The third-order valence-corrected chi connectivity index (χ3v) is 3.84. The van der Waals surface area contributed by atoms with Crippen LogP contribution in [-0.4, -0.2) is 17.2 Å². The van der Waals surface area contributed by atoms with E-state index in [0.717, 1.165) is 28.0 Å². The minimum absolute atomic E-state index is 0.476. The van der Waals surface area contributed by atoms with Gasteiger partial charge in [0, 0.05) is 34.8 Å². The van der Waals surface area contributed by atoms with Gasteiger partial charge < -0.3 is 5.73 Å². The molecule has 22 heavy (non-hydrogen) atoms. The average Bonchev–Trinajstić information content (AvgIpc) is 2.67. The summed E-state index contributed by atoms with van der Waals surface area (Å²) in [7, 11) is 0. The minimum Gasteiger partial charge on any atom is -0.398 e. The number of nitrogens with zero attached hydrogens (tertiary/aromatic N) is 2. The van der Waals surface area contributed by atoms with Crippen molar-refractivity contribution in [3.63, 3.8) is 0 Å². The third kappa shape index (κ3) is 2.52. The summed E-state index contributed by atoms with van der Waals surface area (Å²) in [5.74, 6) is 0. The Kier molecular flexibility index (Phi) is 3.75. The quantitative estimate of drug-likeness (QED) is 0.920. The highest BCUT2D eigenvalue weighted by atomic mass is 19.1. The summed E-state index contributed by atoms with van der Waals surface area (Å²) in [4.78, 5) is 8.76. The van der Waals surface area contributed by atoms with Crippen molar-refractivity contribution in [1.29, 1.82) is 0 Å². The van der Waals surface area contributed by atoms with Gasteiger partial charge in [-0.25, -0.2) is 4.39 Å². The molecule has 0 spiro atoms. The largest absolute Gasteiger partial charge is 0.398 e. The van der Waals surface area contributed by atoms with Crippen LogP contribution in [0.15, 0.2) is 47.7 Å². The van der Waals surface area contributed by atoms with E-state index in [1.54, 1.807) is 19.3 Å². The van der Waals surface area contributed by atoms with E-state index in [4.69, 9.17) is 5.73 Å². The predicted octanol–water partition coefficient (Wildman–Crippen LogP) is 3.57. The van der Waals surface area contributed by atoms with Crippen LogP contribution in [0.3, 0.4) is 0 Å². The van der Waals surface area contributed by atoms with Crippen molar-refractivity contribution in [2.45, 2.75) is 20.0 Å². The van der Waals surface area contributed by atoms with Gasteiger partial charge in [-0.05, 0) is 31.6 Å². The molecular weight excluding hydrogens is 277 g/mol. The Morgan fingerprint density at radius 2 is 2.00 bits per heavy atom. The molecule has 2 heterocycles. The highest BCUT2D eigenvalue weighted by Gasteiger charge is 2.20. The van der Waals surface area contributed by atoms with Crippen molar-refractivity contribution >= 4 is 11.4 Å². The van der Waals surface area contributed by atoms with E-state index >= 15 is 0 Å². The van der Waals surface area contributed by atoms with E-state index in [-0.39, 0.29) is 0 Å². The van der Waals surface area contributed by atoms with Crippen LogP contribution < -0.4 is 5.73 Å². The first-order valence-electron chi connectivity index (χ1n) is 7.27. The summed E-state index contributed by atoms with van der Waals surface area (Å²) in [6.45, 7) is 3.99. The zero-order chi connectivity index (χ0) is 15.7. The van der Waals surface area contributed by atoms with Gasteiger partial charge in [0.05, 0.1) is 12.3 Å². The number of rotatable bonds is 2. The standard InChI is InChI=1S/C18H18FN3/c1-11-3-4-13(15(9-11)12(2)19)18-14-5-7-21-10-16(14)17(20)6-8-22-18/h3-7,9-10,12H,8,20H2,1-2H3.